The number of allylic oxidation sites excluding steroid dienone is 4. The second-order valence-electron chi connectivity index (χ2n) is 3.39. The van der Waals surface area contributed by atoms with E-state index in [4.69, 9.17) is 5.11 Å². The molecule has 0 aliphatic heterocycles. The number of carbonyl (C=O) groups excluding carboxylic acids is 1. The number of likely N-dealkylation sites (N-methyl/N-ethyl adjacent to an activating group) is 1. The molecule has 0 aromatic carbocycles. The Labute approximate surface area is 102 Å². The second-order valence-corrected chi connectivity index (χ2v) is 3.39. The standard InChI is InChI=1S/C13H19NO3/c1-4-6-8-10(12(15)14-3)11(13(16)17)9-7-5-2/h4-7H,8-9H2,1-3H3,(H,14,15)(H,16,17)/b6-4?,7-5?,11-10-. The molecular formula is C13H19NO3. The summed E-state index contributed by atoms with van der Waals surface area (Å²) in [5.41, 5.74) is 0.441. The lowest BCUT2D eigenvalue weighted by Gasteiger charge is -2.08. The van der Waals surface area contributed by atoms with Crippen LogP contribution in [0.25, 0.3) is 0 Å². The molecule has 0 radical (unpaired) electrons. The molecule has 94 valence electrons. The average Bonchev–Trinajstić information content (AvgIpc) is 2.32. The number of carboxylic acids is 1. The monoisotopic (exact) mass is 237 g/mol. The highest BCUT2D eigenvalue weighted by molar-refractivity contribution is 6.02. The van der Waals surface area contributed by atoms with Crippen molar-refractivity contribution >= 4 is 11.9 Å². The van der Waals surface area contributed by atoms with Gasteiger partial charge in [-0.3, -0.25) is 4.79 Å². The van der Waals surface area contributed by atoms with Gasteiger partial charge >= 0.3 is 5.97 Å². The van der Waals surface area contributed by atoms with Crippen LogP contribution in [-0.2, 0) is 9.59 Å². The summed E-state index contributed by atoms with van der Waals surface area (Å²) in [6, 6.07) is 0. The van der Waals surface area contributed by atoms with E-state index < -0.39 is 5.97 Å². The van der Waals surface area contributed by atoms with Gasteiger partial charge in [0.2, 0.25) is 5.91 Å². The van der Waals surface area contributed by atoms with Gasteiger partial charge in [-0.25, -0.2) is 4.79 Å². The lowest BCUT2D eigenvalue weighted by Crippen LogP contribution is -2.23. The Hall–Kier alpha value is -1.84. The highest BCUT2D eigenvalue weighted by Gasteiger charge is 2.17. The summed E-state index contributed by atoms with van der Waals surface area (Å²) in [6.45, 7) is 3.64. The van der Waals surface area contributed by atoms with Crippen molar-refractivity contribution in [2.75, 3.05) is 7.05 Å². The lowest BCUT2D eigenvalue weighted by atomic mass is 10.0. The largest absolute Gasteiger partial charge is 0.478 e. The third-order valence-electron chi connectivity index (χ3n) is 2.24. The van der Waals surface area contributed by atoms with Crippen molar-refractivity contribution in [3.05, 3.63) is 35.5 Å². The third-order valence-corrected chi connectivity index (χ3v) is 2.24. The fourth-order valence-corrected chi connectivity index (χ4v) is 1.31. The molecule has 1 amide bonds. The molecule has 0 rings (SSSR count). The molecule has 4 nitrogen and oxygen atoms in total. The molecule has 4 heteroatoms. The van der Waals surface area contributed by atoms with Gasteiger partial charge in [0.05, 0.1) is 0 Å². The van der Waals surface area contributed by atoms with Gasteiger partial charge in [-0.1, -0.05) is 24.3 Å². The summed E-state index contributed by atoms with van der Waals surface area (Å²) in [7, 11) is 1.49. The minimum atomic E-state index is -1.05. The van der Waals surface area contributed by atoms with E-state index in [0.29, 0.717) is 12.0 Å². The molecule has 0 fully saturated rings. The smallest absolute Gasteiger partial charge is 0.332 e. The topological polar surface area (TPSA) is 66.4 Å². The van der Waals surface area contributed by atoms with Gasteiger partial charge < -0.3 is 10.4 Å². The Morgan fingerprint density at radius 1 is 1.06 bits per heavy atom. The number of hydrogen-bond acceptors (Lipinski definition) is 2. The maximum Gasteiger partial charge on any atom is 0.332 e. The number of nitrogens with one attached hydrogen (secondary N) is 1. The first-order valence-electron chi connectivity index (χ1n) is 5.48. The summed E-state index contributed by atoms with van der Waals surface area (Å²) in [4.78, 5) is 22.8. The van der Waals surface area contributed by atoms with E-state index in [-0.39, 0.29) is 17.9 Å². The van der Waals surface area contributed by atoms with Crippen molar-refractivity contribution in [2.45, 2.75) is 26.7 Å². The molecule has 2 N–H and O–H groups in total. The molecule has 0 saturated heterocycles. The number of aliphatic carboxylic acids is 1. The van der Waals surface area contributed by atoms with Gasteiger partial charge in [0, 0.05) is 18.2 Å². The minimum Gasteiger partial charge on any atom is -0.478 e. The Kier molecular flexibility index (Phi) is 7.43. The molecular weight excluding hydrogens is 218 g/mol. The molecule has 0 bridgehead atoms. The molecule has 0 aromatic heterocycles. The van der Waals surface area contributed by atoms with E-state index in [0.717, 1.165) is 0 Å². The van der Waals surface area contributed by atoms with Crippen LogP contribution < -0.4 is 5.32 Å². The number of amides is 1. The van der Waals surface area contributed by atoms with Crippen LogP contribution >= 0.6 is 0 Å². The van der Waals surface area contributed by atoms with Crippen molar-refractivity contribution < 1.29 is 14.7 Å². The van der Waals surface area contributed by atoms with Crippen LogP contribution in [0.1, 0.15) is 26.7 Å². The lowest BCUT2D eigenvalue weighted by molar-refractivity contribution is -0.133. The van der Waals surface area contributed by atoms with Crippen LogP contribution in [0.15, 0.2) is 35.5 Å². The van der Waals surface area contributed by atoms with Crippen molar-refractivity contribution in [2.24, 2.45) is 0 Å². The van der Waals surface area contributed by atoms with Gasteiger partial charge in [0.25, 0.3) is 0 Å². The van der Waals surface area contributed by atoms with Gasteiger partial charge in [0.15, 0.2) is 0 Å². The number of hydrogen-bond donors (Lipinski definition) is 2. The summed E-state index contributed by atoms with van der Waals surface area (Å²) in [5, 5.41) is 11.6. The number of carboxylic acid groups (broad SMARTS) is 1. The highest BCUT2D eigenvalue weighted by atomic mass is 16.4. The molecule has 0 aliphatic rings. The Bertz CT molecular complexity index is 365. The molecule has 0 heterocycles. The van der Waals surface area contributed by atoms with E-state index in [1.165, 1.54) is 7.05 Å². The van der Waals surface area contributed by atoms with Crippen molar-refractivity contribution in [1.29, 1.82) is 0 Å². The van der Waals surface area contributed by atoms with Gasteiger partial charge in [-0.15, -0.1) is 0 Å². The maximum atomic E-state index is 11.6. The fourth-order valence-electron chi connectivity index (χ4n) is 1.31. The SMILES string of the molecule is CC=CC/C(C(=O)O)=C(\CC=CC)C(=O)NC. The first-order chi connectivity index (χ1) is 8.08. The van der Waals surface area contributed by atoms with Crippen LogP contribution in [0, 0.1) is 0 Å². The summed E-state index contributed by atoms with van der Waals surface area (Å²) in [6.07, 6.45) is 7.63. The zero-order chi connectivity index (χ0) is 13.3. The van der Waals surface area contributed by atoms with E-state index in [2.05, 4.69) is 5.32 Å². The predicted molar refractivity (Wildman–Crippen MR) is 67.6 cm³/mol. The third kappa shape index (κ3) is 5.15. The van der Waals surface area contributed by atoms with Gasteiger partial charge in [0.1, 0.15) is 0 Å². The minimum absolute atomic E-state index is 0.139. The van der Waals surface area contributed by atoms with Gasteiger partial charge in [-0.2, -0.15) is 0 Å². The van der Waals surface area contributed by atoms with Crippen molar-refractivity contribution in [1.82, 2.24) is 5.32 Å². The van der Waals surface area contributed by atoms with Crippen LogP contribution in [-0.4, -0.2) is 24.0 Å². The average molecular weight is 237 g/mol. The van der Waals surface area contributed by atoms with E-state index in [1.54, 1.807) is 24.3 Å². The van der Waals surface area contributed by atoms with Crippen LogP contribution in [0.3, 0.4) is 0 Å². The second kappa shape index (κ2) is 8.33. The molecule has 0 saturated carbocycles. The van der Waals surface area contributed by atoms with E-state index >= 15 is 0 Å². The fraction of sp³-hybridized carbons (Fsp3) is 0.385. The quantitative estimate of drug-likeness (QED) is 0.549. The predicted octanol–water partition coefficient (Wildman–Crippen LogP) is 2.05. The van der Waals surface area contributed by atoms with Crippen LogP contribution in [0.4, 0.5) is 0 Å². The zero-order valence-electron chi connectivity index (χ0n) is 10.5. The maximum absolute atomic E-state index is 11.6. The Morgan fingerprint density at radius 2 is 1.53 bits per heavy atom. The van der Waals surface area contributed by atoms with Crippen molar-refractivity contribution in [3.8, 4) is 0 Å². The molecule has 0 aromatic rings. The normalized spacial score (nSPS) is 12.9. The summed E-state index contributed by atoms with van der Waals surface area (Å²) in [5.74, 6) is -1.39. The first-order valence-corrected chi connectivity index (χ1v) is 5.48. The zero-order valence-corrected chi connectivity index (χ0v) is 10.5. The Balaban J connectivity index is 5.36. The summed E-state index contributed by atoms with van der Waals surface area (Å²) < 4.78 is 0. The van der Waals surface area contributed by atoms with Crippen LogP contribution in [0.2, 0.25) is 0 Å². The molecule has 0 aliphatic carbocycles. The highest BCUT2D eigenvalue weighted by Crippen LogP contribution is 2.15. The molecule has 0 atom stereocenters. The number of rotatable bonds is 6. The molecule has 0 unspecified atom stereocenters. The van der Waals surface area contributed by atoms with E-state index in [9.17, 15) is 9.59 Å². The molecule has 17 heavy (non-hydrogen) atoms. The Morgan fingerprint density at radius 3 is 1.88 bits per heavy atom. The van der Waals surface area contributed by atoms with E-state index in [1.807, 2.05) is 13.8 Å². The number of carbonyl (C=O) groups is 2. The van der Waals surface area contributed by atoms with Gasteiger partial charge in [-0.05, 0) is 26.7 Å². The first kappa shape index (κ1) is 15.2. The van der Waals surface area contributed by atoms with Crippen molar-refractivity contribution in [3.63, 3.8) is 0 Å². The van der Waals surface area contributed by atoms with Crippen LogP contribution in [0.5, 0.6) is 0 Å². The molecule has 0 spiro atoms. The summed E-state index contributed by atoms with van der Waals surface area (Å²) >= 11 is 0.